The maximum Gasteiger partial charge on any atom is 0.443 e. The average molecular weight is 318 g/mol. The summed E-state index contributed by atoms with van der Waals surface area (Å²) in [4.78, 5) is 16.1. The summed E-state index contributed by atoms with van der Waals surface area (Å²) in [6.45, 7) is 0. The summed E-state index contributed by atoms with van der Waals surface area (Å²) in [6.07, 6.45) is -2.61. The van der Waals surface area contributed by atoms with Gasteiger partial charge in [-0.3, -0.25) is 4.79 Å². The lowest BCUT2D eigenvalue weighted by molar-refractivity contribution is -0.137. The second-order valence-electron chi connectivity index (χ2n) is 3.72. The molecule has 0 atom stereocenters. The molecule has 3 nitrogen and oxygen atoms in total. The molecule has 1 heterocycles. The molecule has 0 fully saturated rings. The van der Waals surface area contributed by atoms with E-state index in [1.807, 2.05) is 18.4 Å². The number of alkyl halides is 3. The van der Waals surface area contributed by atoms with Crippen LogP contribution in [-0.2, 0) is 6.18 Å². The van der Waals surface area contributed by atoms with Gasteiger partial charge in [0.15, 0.2) is 5.01 Å². The summed E-state index contributed by atoms with van der Waals surface area (Å²) < 4.78 is 37.2. The van der Waals surface area contributed by atoms with Gasteiger partial charge in [-0.1, -0.05) is 0 Å². The van der Waals surface area contributed by atoms with Gasteiger partial charge in [-0.05, 0) is 30.5 Å². The number of halogens is 3. The Labute approximate surface area is 121 Å². The maximum atomic E-state index is 12.4. The van der Waals surface area contributed by atoms with Gasteiger partial charge in [-0.2, -0.15) is 13.2 Å². The van der Waals surface area contributed by atoms with Crippen molar-refractivity contribution in [2.75, 3.05) is 11.6 Å². The van der Waals surface area contributed by atoms with Crippen molar-refractivity contribution in [3.8, 4) is 0 Å². The van der Waals surface area contributed by atoms with Crippen LogP contribution in [0.2, 0.25) is 0 Å². The molecular formula is C12H9F3N2OS2. The van der Waals surface area contributed by atoms with E-state index in [1.165, 1.54) is 0 Å². The number of rotatable bonds is 3. The number of hydrogen-bond acceptors (Lipinski definition) is 4. The smallest absolute Gasteiger partial charge is 0.321 e. The third kappa shape index (κ3) is 3.51. The number of nitrogens with one attached hydrogen (secondary N) is 1. The van der Waals surface area contributed by atoms with E-state index in [-0.39, 0.29) is 5.69 Å². The number of benzene rings is 1. The zero-order chi connectivity index (χ0) is 14.8. The number of nitrogens with zero attached hydrogens (tertiary/aromatic N) is 1. The molecule has 0 aliphatic rings. The van der Waals surface area contributed by atoms with Crippen LogP contribution in [-0.4, -0.2) is 17.1 Å². The minimum absolute atomic E-state index is 0.240. The van der Waals surface area contributed by atoms with Crippen LogP contribution in [0, 0.1) is 0 Å². The third-order valence-corrected chi connectivity index (χ3v) is 3.96. The molecule has 0 aliphatic carbocycles. The Balaban J connectivity index is 2.09. The fourth-order valence-corrected chi connectivity index (χ4v) is 2.45. The highest BCUT2D eigenvalue weighted by atomic mass is 32.2. The minimum Gasteiger partial charge on any atom is -0.321 e. The quantitative estimate of drug-likeness (QED) is 0.865. The lowest BCUT2D eigenvalue weighted by Gasteiger charge is -2.04. The predicted molar refractivity (Wildman–Crippen MR) is 73.3 cm³/mol. The highest BCUT2D eigenvalue weighted by Crippen LogP contribution is 2.31. The van der Waals surface area contributed by atoms with Gasteiger partial charge in [-0.15, -0.1) is 23.1 Å². The number of carbonyl (C=O) groups is 1. The lowest BCUT2D eigenvalue weighted by Crippen LogP contribution is -2.13. The number of hydrogen-bond donors (Lipinski definition) is 1. The molecule has 0 saturated carbocycles. The van der Waals surface area contributed by atoms with E-state index in [2.05, 4.69) is 10.3 Å². The van der Waals surface area contributed by atoms with Crippen LogP contribution in [0.5, 0.6) is 0 Å². The molecular weight excluding hydrogens is 309 g/mol. The number of thiazole rings is 1. The molecule has 20 heavy (non-hydrogen) atoms. The zero-order valence-corrected chi connectivity index (χ0v) is 11.8. The fraction of sp³-hybridized carbons (Fsp3) is 0.167. The molecule has 0 aliphatic heterocycles. The summed E-state index contributed by atoms with van der Waals surface area (Å²) in [6, 6.07) is 6.98. The predicted octanol–water partition coefficient (Wildman–Crippen LogP) is 4.14. The van der Waals surface area contributed by atoms with E-state index in [4.69, 9.17) is 0 Å². The maximum absolute atomic E-state index is 12.4. The Kier molecular flexibility index (Phi) is 4.34. The van der Waals surface area contributed by atoms with Gasteiger partial charge in [0.25, 0.3) is 5.91 Å². The Bertz CT molecular complexity index is 608. The van der Waals surface area contributed by atoms with Crippen LogP contribution < -0.4 is 5.32 Å². The van der Waals surface area contributed by atoms with Crippen molar-refractivity contribution in [3.63, 3.8) is 0 Å². The minimum atomic E-state index is -4.52. The van der Waals surface area contributed by atoms with E-state index in [9.17, 15) is 18.0 Å². The first-order valence-electron chi connectivity index (χ1n) is 5.38. The highest BCUT2D eigenvalue weighted by Gasteiger charge is 2.35. The monoisotopic (exact) mass is 318 g/mol. The first-order chi connectivity index (χ1) is 9.40. The van der Waals surface area contributed by atoms with Gasteiger partial charge in [0.1, 0.15) is 5.69 Å². The van der Waals surface area contributed by atoms with Crippen molar-refractivity contribution in [1.29, 1.82) is 0 Å². The highest BCUT2D eigenvalue weighted by molar-refractivity contribution is 7.98. The molecule has 2 rings (SSSR count). The number of amides is 1. The second-order valence-corrected chi connectivity index (χ2v) is 5.46. The first kappa shape index (κ1) is 14.9. The molecule has 0 saturated heterocycles. The summed E-state index contributed by atoms with van der Waals surface area (Å²) in [5.41, 5.74) is 0.269. The molecule has 106 valence electrons. The normalized spacial score (nSPS) is 11.4. The molecule has 0 radical (unpaired) electrons. The third-order valence-electron chi connectivity index (χ3n) is 2.33. The SMILES string of the molecule is CSc1ccc(NC(=O)c2csc(C(F)(F)F)n2)cc1. The van der Waals surface area contributed by atoms with Gasteiger partial charge in [0.05, 0.1) is 0 Å². The van der Waals surface area contributed by atoms with Gasteiger partial charge in [0, 0.05) is 16.0 Å². The van der Waals surface area contributed by atoms with E-state index in [1.54, 1.807) is 23.9 Å². The van der Waals surface area contributed by atoms with Gasteiger partial charge in [-0.25, -0.2) is 4.98 Å². The lowest BCUT2D eigenvalue weighted by atomic mass is 10.3. The van der Waals surface area contributed by atoms with Gasteiger partial charge in [0.2, 0.25) is 0 Å². The fourth-order valence-electron chi connectivity index (χ4n) is 1.38. The number of carbonyl (C=O) groups excluding carboxylic acids is 1. The Morgan fingerprint density at radius 2 is 1.95 bits per heavy atom. The average Bonchev–Trinajstić information content (AvgIpc) is 2.89. The topological polar surface area (TPSA) is 42.0 Å². The molecule has 1 amide bonds. The van der Waals surface area contributed by atoms with E-state index in [0.29, 0.717) is 17.0 Å². The van der Waals surface area contributed by atoms with Crippen molar-refractivity contribution in [3.05, 3.63) is 40.3 Å². The number of anilines is 1. The van der Waals surface area contributed by atoms with Crippen molar-refractivity contribution < 1.29 is 18.0 Å². The Morgan fingerprint density at radius 3 is 2.45 bits per heavy atom. The summed E-state index contributed by atoms with van der Waals surface area (Å²) in [5, 5.41) is 2.57. The summed E-state index contributed by atoms with van der Waals surface area (Å²) in [7, 11) is 0. The molecule has 0 spiro atoms. The van der Waals surface area contributed by atoms with E-state index < -0.39 is 17.1 Å². The molecule has 1 aromatic carbocycles. The first-order valence-corrected chi connectivity index (χ1v) is 7.48. The van der Waals surface area contributed by atoms with Crippen molar-refractivity contribution in [2.45, 2.75) is 11.1 Å². The molecule has 1 N–H and O–H groups in total. The molecule has 1 aromatic heterocycles. The largest absolute Gasteiger partial charge is 0.443 e. The van der Waals surface area contributed by atoms with Crippen LogP contribution in [0.15, 0.2) is 34.5 Å². The molecule has 8 heteroatoms. The Hall–Kier alpha value is -1.54. The second kappa shape index (κ2) is 5.84. The van der Waals surface area contributed by atoms with Crippen molar-refractivity contribution in [1.82, 2.24) is 4.98 Å². The zero-order valence-electron chi connectivity index (χ0n) is 10.2. The van der Waals surface area contributed by atoms with Crippen LogP contribution in [0.3, 0.4) is 0 Å². The van der Waals surface area contributed by atoms with E-state index >= 15 is 0 Å². The van der Waals surface area contributed by atoms with Crippen LogP contribution >= 0.6 is 23.1 Å². The summed E-state index contributed by atoms with van der Waals surface area (Å²) >= 11 is 1.95. The van der Waals surface area contributed by atoms with Crippen LogP contribution in [0.4, 0.5) is 18.9 Å². The van der Waals surface area contributed by atoms with Crippen LogP contribution in [0.25, 0.3) is 0 Å². The standard InChI is InChI=1S/C12H9F3N2OS2/c1-19-8-4-2-7(3-5-8)16-10(18)9-6-20-11(17-9)12(13,14)15/h2-6H,1H3,(H,16,18). The van der Waals surface area contributed by atoms with Crippen LogP contribution in [0.1, 0.15) is 15.5 Å². The molecule has 2 aromatic rings. The van der Waals surface area contributed by atoms with Crippen molar-refractivity contribution >= 4 is 34.7 Å². The van der Waals surface area contributed by atoms with Gasteiger partial charge >= 0.3 is 6.18 Å². The molecule has 0 unspecified atom stereocenters. The van der Waals surface area contributed by atoms with Gasteiger partial charge < -0.3 is 5.32 Å². The van der Waals surface area contributed by atoms with Crippen molar-refractivity contribution in [2.24, 2.45) is 0 Å². The summed E-state index contributed by atoms with van der Waals surface area (Å²) in [5.74, 6) is -0.659. The Morgan fingerprint density at radius 1 is 1.30 bits per heavy atom. The van der Waals surface area contributed by atoms with E-state index in [0.717, 1.165) is 10.3 Å². The number of aromatic nitrogens is 1. The number of thioether (sulfide) groups is 1. The molecule has 0 bridgehead atoms.